The number of hydrogen-bond donors (Lipinski definition) is 1. The fourth-order valence-electron chi connectivity index (χ4n) is 2.45. The lowest BCUT2D eigenvalue weighted by atomic mass is 10.0. The fraction of sp³-hybridized carbons (Fsp3) is 0.500. The Bertz CT molecular complexity index is 525. The van der Waals surface area contributed by atoms with E-state index in [4.69, 9.17) is 5.73 Å². The quantitative estimate of drug-likeness (QED) is 0.882. The van der Waals surface area contributed by atoms with E-state index in [-0.39, 0.29) is 6.04 Å². The van der Waals surface area contributed by atoms with Crippen LogP contribution in [-0.4, -0.2) is 9.38 Å². The van der Waals surface area contributed by atoms with Crippen LogP contribution in [0.5, 0.6) is 0 Å². The van der Waals surface area contributed by atoms with Gasteiger partial charge in [-0.2, -0.15) is 0 Å². The lowest BCUT2D eigenvalue weighted by Crippen LogP contribution is -2.16. The number of nitrogens with zero attached hydrogens (tertiary/aromatic N) is 2. The highest BCUT2D eigenvalue weighted by atomic mass is 15.0. The molecule has 0 amide bonds. The molecule has 0 bridgehead atoms. The molecule has 0 saturated carbocycles. The Morgan fingerprint density at radius 2 is 2.00 bits per heavy atom. The summed E-state index contributed by atoms with van der Waals surface area (Å²) in [6.07, 6.45) is 0.989. The normalized spacial score (nSPS) is 13.5. The molecule has 0 saturated heterocycles. The Morgan fingerprint density at radius 1 is 1.29 bits per heavy atom. The minimum absolute atomic E-state index is 0.0612. The minimum Gasteiger partial charge on any atom is -0.323 e. The van der Waals surface area contributed by atoms with E-state index in [0.717, 1.165) is 23.5 Å². The molecule has 0 aliphatic rings. The Kier molecular flexibility index (Phi) is 3.20. The molecule has 3 heteroatoms. The van der Waals surface area contributed by atoms with Gasteiger partial charge in [-0.05, 0) is 38.3 Å². The molecular formula is C14H21N3. The second kappa shape index (κ2) is 4.49. The topological polar surface area (TPSA) is 43.3 Å². The van der Waals surface area contributed by atoms with Gasteiger partial charge in [0.05, 0.1) is 11.4 Å². The predicted molar refractivity (Wildman–Crippen MR) is 71.0 cm³/mol. The Morgan fingerprint density at radius 3 is 2.65 bits per heavy atom. The molecule has 2 N–H and O–H groups in total. The van der Waals surface area contributed by atoms with Crippen LogP contribution < -0.4 is 5.73 Å². The smallest absolute Gasteiger partial charge is 0.137 e. The third-order valence-electron chi connectivity index (χ3n) is 3.13. The van der Waals surface area contributed by atoms with Gasteiger partial charge in [0.15, 0.2) is 0 Å². The van der Waals surface area contributed by atoms with Crippen LogP contribution in [0.25, 0.3) is 5.65 Å². The zero-order valence-corrected chi connectivity index (χ0v) is 11.1. The molecule has 0 aliphatic heterocycles. The molecule has 2 aromatic heterocycles. The zero-order chi connectivity index (χ0) is 12.6. The molecule has 92 valence electrons. The number of pyridine rings is 1. The van der Waals surface area contributed by atoms with Crippen molar-refractivity contribution in [3.8, 4) is 0 Å². The summed E-state index contributed by atoms with van der Waals surface area (Å²) in [6, 6.07) is 6.23. The maximum atomic E-state index is 6.32. The lowest BCUT2D eigenvalue weighted by molar-refractivity contribution is 0.498. The molecular weight excluding hydrogens is 210 g/mol. The number of aryl methyl sites for hydroxylation is 2. The summed E-state index contributed by atoms with van der Waals surface area (Å²) in [4.78, 5) is 4.59. The van der Waals surface area contributed by atoms with Gasteiger partial charge in [0.1, 0.15) is 5.65 Å². The van der Waals surface area contributed by atoms with Crippen LogP contribution in [-0.2, 0) is 0 Å². The summed E-state index contributed by atoms with van der Waals surface area (Å²) in [5.41, 5.74) is 10.7. The monoisotopic (exact) mass is 231 g/mol. The van der Waals surface area contributed by atoms with Crippen molar-refractivity contribution in [2.75, 3.05) is 0 Å². The van der Waals surface area contributed by atoms with Gasteiger partial charge in [0.2, 0.25) is 0 Å². The molecule has 1 atom stereocenters. The zero-order valence-electron chi connectivity index (χ0n) is 11.1. The molecule has 0 radical (unpaired) electrons. The van der Waals surface area contributed by atoms with Gasteiger partial charge >= 0.3 is 0 Å². The van der Waals surface area contributed by atoms with E-state index in [1.807, 2.05) is 19.1 Å². The number of aromatic nitrogens is 2. The second-order valence-corrected chi connectivity index (χ2v) is 5.18. The number of imidazole rings is 1. The first-order valence-electron chi connectivity index (χ1n) is 6.21. The lowest BCUT2D eigenvalue weighted by Gasteiger charge is -2.16. The van der Waals surface area contributed by atoms with Gasteiger partial charge in [-0.25, -0.2) is 4.98 Å². The van der Waals surface area contributed by atoms with Gasteiger partial charge in [-0.1, -0.05) is 19.9 Å². The Hall–Kier alpha value is -1.35. The summed E-state index contributed by atoms with van der Waals surface area (Å²) in [7, 11) is 0. The standard InChI is InChI=1S/C14H21N3/c1-9(2)8-12(15)14-11(4)16-13-7-5-6-10(3)17(13)14/h5-7,9,12H,8,15H2,1-4H3. The van der Waals surface area contributed by atoms with Crippen LogP contribution in [0.15, 0.2) is 18.2 Å². The van der Waals surface area contributed by atoms with Gasteiger partial charge in [-0.3, -0.25) is 4.40 Å². The third kappa shape index (κ3) is 2.20. The van der Waals surface area contributed by atoms with E-state index in [2.05, 4.69) is 36.2 Å². The summed E-state index contributed by atoms with van der Waals surface area (Å²) in [5, 5.41) is 0. The highest BCUT2D eigenvalue weighted by Crippen LogP contribution is 2.24. The van der Waals surface area contributed by atoms with E-state index in [0.29, 0.717) is 5.92 Å². The molecule has 1 unspecified atom stereocenters. The SMILES string of the molecule is Cc1nc2cccc(C)n2c1C(N)CC(C)C. The van der Waals surface area contributed by atoms with Crippen molar-refractivity contribution < 1.29 is 0 Å². The van der Waals surface area contributed by atoms with Crippen LogP contribution in [0.4, 0.5) is 0 Å². The maximum absolute atomic E-state index is 6.32. The van der Waals surface area contributed by atoms with Crippen molar-refractivity contribution in [1.29, 1.82) is 0 Å². The molecule has 2 heterocycles. The van der Waals surface area contributed by atoms with E-state index in [9.17, 15) is 0 Å². The molecule has 2 rings (SSSR count). The molecule has 17 heavy (non-hydrogen) atoms. The van der Waals surface area contributed by atoms with E-state index < -0.39 is 0 Å². The van der Waals surface area contributed by atoms with Gasteiger partial charge in [0.25, 0.3) is 0 Å². The van der Waals surface area contributed by atoms with Crippen LogP contribution in [0, 0.1) is 19.8 Å². The molecule has 2 aromatic rings. The number of fused-ring (bicyclic) bond motifs is 1. The minimum atomic E-state index is 0.0612. The van der Waals surface area contributed by atoms with Crippen molar-refractivity contribution >= 4 is 5.65 Å². The average Bonchev–Trinajstić information content (AvgIpc) is 2.54. The van der Waals surface area contributed by atoms with E-state index >= 15 is 0 Å². The van der Waals surface area contributed by atoms with Crippen molar-refractivity contribution in [2.45, 2.75) is 40.2 Å². The number of rotatable bonds is 3. The van der Waals surface area contributed by atoms with Gasteiger partial charge in [-0.15, -0.1) is 0 Å². The van der Waals surface area contributed by atoms with Crippen LogP contribution in [0.3, 0.4) is 0 Å². The van der Waals surface area contributed by atoms with Crippen molar-refractivity contribution in [1.82, 2.24) is 9.38 Å². The van der Waals surface area contributed by atoms with Gasteiger partial charge < -0.3 is 5.73 Å². The molecule has 0 aliphatic carbocycles. The highest BCUT2D eigenvalue weighted by molar-refractivity contribution is 5.45. The van der Waals surface area contributed by atoms with E-state index in [1.54, 1.807) is 0 Å². The van der Waals surface area contributed by atoms with Crippen molar-refractivity contribution in [2.24, 2.45) is 11.7 Å². The summed E-state index contributed by atoms with van der Waals surface area (Å²) in [6.45, 7) is 8.54. The number of hydrogen-bond acceptors (Lipinski definition) is 2. The third-order valence-corrected chi connectivity index (χ3v) is 3.13. The predicted octanol–water partition coefficient (Wildman–Crippen LogP) is 3.00. The summed E-state index contributed by atoms with van der Waals surface area (Å²) in [5.74, 6) is 0.596. The van der Waals surface area contributed by atoms with Crippen LogP contribution >= 0.6 is 0 Å². The largest absolute Gasteiger partial charge is 0.323 e. The molecule has 0 spiro atoms. The molecule has 0 aromatic carbocycles. The Labute approximate surface area is 103 Å². The highest BCUT2D eigenvalue weighted by Gasteiger charge is 2.17. The Balaban J connectivity index is 2.56. The average molecular weight is 231 g/mol. The first-order chi connectivity index (χ1) is 8.00. The van der Waals surface area contributed by atoms with E-state index in [1.165, 1.54) is 5.69 Å². The van der Waals surface area contributed by atoms with Crippen LogP contribution in [0.2, 0.25) is 0 Å². The van der Waals surface area contributed by atoms with Crippen molar-refractivity contribution in [3.63, 3.8) is 0 Å². The first-order valence-corrected chi connectivity index (χ1v) is 6.21. The van der Waals surface area contributed by atoms with Crippen LogP contribution in [0.1, 0.15) is 43.4 Å². The second-order valence-electron chi connectivity index (χ2n) is 5.18. The first kappa shape index (κ1) is 12.1. The maximum Gasteiger partial charge on any atom is 0.137 e. The molecule has 0 fully saturated rings. The van der Waals surface area contributed by atoms with Gasteiger partial charge in [0, 0.05) is 11.7 Å². The summed E-state index contributed by atoms with van der Waals surface area (Å²) < 4.78 is 2.18. The van der Waals surface area contributed by atoms with Crippen molar-refractivity contribution in [3.05, 3.63) is 35.3 Å². The molecule has 3 nitrogen and oxygen atoms in total. The summed E-state index contributed by atoms with van der Waals surface area (Å²) >= 11 is 0. The fourth-order valence-corrected chi connectivity index (χ4v) is 2.45. The number of nitrogens with two attached hydrogens (primary N) is 1.